The van der Waals surface area contributed by atoms with E-state index in [1.165, 1.54) is 28.6 Å². The van der Waals surface area contributed by atoms with Crippen LogP contribution >= 0.6 is 11.6 Å². The monoisotopic (exact) mass is 422 g/mol. The van der Waals surface area contributed by atoms with Gasteiger partial charge in [0.15, 0.2) is 6.61 Å². The molecule has 0 radical (unpaired) electrons. The van der Waals surface area contributed by atoms with Crippen molar-refractivity contribution >= 4 is 33.6 Å². The van der Waals surface area contributed by atoms with E-state index >= 15 is 0 Å². The molecule has 0 aliphatic carbocycles. The minimum Gasteiger partial charge on any atom is -0.456 e. The lowest BCUT2D eigenvalue weighted by atomic mass is 10.1. The van der Waals surface area contributed by atoms with Crippen molar-refractivity contribution in [1.82, 2.24) is 9.21 Å². The van der Waals surface area contributed by atoms with E-state index in [2.05, 4.69) is 4.74 Å². The van der Waals surface area contributed by atoms with Gasteiger partial charge in [0.25, 0.3) is 5.91 Å². The van der Waals surface area contributed by atoms with Gasteiger partial charge in [-0.25, -0.2) is 18.1 Å². The first-order valence-corrected chi connectivity index (χ1v) is 10.2. The van der Waals surface area contributed by atoms with Gasteiger partial charge in [0.1, 0.15) is 11.5 Å². The maximum atomic E-state index is 12.7. The van der Waals surface area contributed by atoms with Crippen molar-refractivity contribution in [3.05, 3.63) is 53.6 Å². The van der Waals surface area contributed by atoms with E-state index in [-0.39, 0.29) is 24.6 Å². The van der Waals surface area contributed by atoms with Crippen molar-refractivity contribution in [3.63, 3.8) is 0 Å². The van der Waals surface area contributed by atoms with Gasteiger partial charge in [-0.2, -0.15) is 4.31 Å². The highest BCUT2D eigenvalue weighted by Gasteiger charge is 2.46. The zero-order chi connectivity index (χ0) is 19.9. The van der Waals surface area contributed by atoms with E-state index in [4.69, 9.17) is 16.3 Å². The Balaban J connectivity index is 1.43. The second kappa shape index (κ2) is 7.08. The molecule has 2 aliphatic heterocycles. The lowest BCUT2D eigenvalue weighted by molar-refractivity contribution is -0.128. The molecule has 2 aliphatic rings. The summed E-state index contributed by atoms with van der Waals surface area (Å²) in [5.74, 6) is 0.458. The molecule has 0 aromatic heterocycles. The van der Waals surface area contributed by atoms with E-state index in [0.29, 0.717) is 16.5 Å². The van der Waals surface area contributed by atoms with Crippen LogP contribution in [-0.2, 0) is 19.6 Å². The number of hydrogen-bond acceptors (Lipinski definition) is 6. The Labute approximate surface area is 166 Å². The number of rotatable bonds is 5. The largest absolute Gasteiger partial charge is 0.456 e. The van der Waals surface area contributed by atoms with Crippen LogP contribution in [0.3, 0.4) is 0 Å². The average molecular weight is 423 g/mol. The van der Waals surface area contributed by atoms with Crippen LogP contribution in [0.2, 0.25) is 5.02 Å². The molecule has 0 atom stereocenters. The minimum atomic E-state index is -3.74. The highest BCUT2D eigenvalue weighted by atomic mass is 35.5. The topological polar surface area (TPSA) is 93.2 Å². The fraction of sp³-hybridized carbons (Fsp3) is 0.222. The van der Waals surface area contributed by atoms with Gasteiger partial charge < -0.3 is 9.47 Å². The molecule has 2 amide bonds. The van der Waals surface area contributed by atoms with Crippen molar-refractivity contribution in [2.75, 3.05) is 19.7 Å². The maximum Gasteiger partial charge on any atom is 0.417 e. The number of ether oxygens (including phenoxy) is 2. The zero-order valence-corrected chi connectivity index (χ0v) is 16.0. The molecule has 4 rings (SSSR count). The second-order valence-corrected chi connectivity index (χ2v) is 8.64. The van der Waals surface area contributed by atoms with Gasteiger partial charge in [0, 0.05) is 13.1 Å². The molecule has 0 spiro atoms. The molecule has 0 N–H and O–H groups in total. The Bertz CT molecular complexity index is 1020. The summed E-state index contributed by atoms with van der Waals surface area (Å²) in [6.45, 7) is -0.211. The Kier molecular flexibility index (Phi) is 4.74. The second-order valence-electron chi connectivity index (χ2n) is 6.30. The summed E-state index contributed by atoms with van der Waals surface area (Å²) >= 11 is 6.05. The highest BCUT2D eigenvalue weighted by molar-refractivity contribution is 7.89. The van der Waals surface area contributed by atoms with Crippen molar-refractivity contribution in [2.45, 2.75) is 10.9 Å². The predicted octanol–water partition coefficient (Wildman–Crippen LogP) is 2.48. The van der Waals surface area contributed by atoms with Crippen LogP contribution in [0.1, 0.15) is 0 Å². The van der Waals surface area contributed by atoms with Gasteiger partial charge in [-0.15, -0.1) is 0 Å². The van der Waals surface area contributed by atoms with E-state index in [1.54, 1.807) is 24.3 Å². The first kappa shape index (κ1) is 18.7. The van der Waals surface area contributed by atoms with Crippen molar-refractivity contribution in [3.8, 4) is 11.5 Å². The summed E-state index contributed by atoms with van der Waals surface area (Å²) in [6, 6.07) is 12.4. The third kappa shape index (κ3) is 3.32. The first-order chi connectivity index (χ1) is 13.4. The number of para-hydroxylation sites is 1. The molecule has 2 heterocycles. The molecule has 2 aromatic rings. The molecule has 2 aromatic carbocycles. The van der Waals surface area contributed by atoms with Gasteiger partial charge >= 0.3 is 6.09 Å². The number of carbonyl (C=O) groups excluding carboxylic acids is 2. The number of hydrogen-bond donors (Lipinski definition) is 0. The van der Waals surface area contributed by atoms with Crippen LogP contribution in [0.15, 0.2) is 53.4 Å². The Morgan fingerprint density at radius 1 is 1.04 bits per heavy atom. The summed E-state index contributed by atoms with van der Waals surface area (Å²) < 4.78 is 36.9. The molecule has 8 nitrogen and oxygen atoms in total. The standard InChI is InChI=1S/C18H15ClN2O6S/c19-15-3-1-2-4-16(15)27-13-5-7-14(8-6-13)28(24,25)20-9-12(10-20)21-17(22)11-26-18(21)23/h1-8,12H,9-11H2. The van der Waals surface area contributed by atoms with Gasteiger partial charge in [-0.3, -0.25) is 4.79 Å². The van der Waals surface area contributed by atoms with Crippen LogP contribution in [-0.4, -0.2) is 55.4 Å². The molecule has 0 bridgehead atoms. The summed E-state index contributed by atoms with van der Waals surface area (Å²) in [5.41, 5.74) is 0. The summed E-state index contributed by atoms with van der Waals surface area (Å²) in [4.78, 5) is 24.3. The van der Waals surface area contributed by atoms with Crippen LogP contribution in [0.5, 0.6) is 11.5 Å². The molecular formula is C18H15ClN2O6S. The van der Waals surface area contributed by atoms with Gasteiger partial charge in [-0.05, 0) is 36.4 Å². The smallest absolute Gasteiger partial charge is 0.417 e. The molecule has 10 heteroatoms. The fourth-order valence-electron chi connectivity index (χ4n) is 2.98. The molecule has 0 unspecified atom stereocenters. The van der Waals surface area contributed by atoms with Crippen molar-refractivity contribution in [1.29, 1.82) is 0 Å². The van der Waals surface area contributed by atoms with Crippen molar-refractivity contribution < 1.29 is 27.5 Å². The zero-order valence-electron chi connectivity index (χ0n) is 14.4. The van der Waals surface area contributed by atoms with Crippen LogP contribution in [0.25, 0.3) is 0 Å². The average Bonchev–Trinajstić information content (AvgIpc) is 2.95. The Morgan fingerprint density at radius 2 is 1.71 bits per heavy atom. The van der Waals surface area contributed by atoms with E-state index < -0.39 is 28.1 Å². The quantitative estimate of drug-likeness (QED) is 0.734. The van der Waals surface area contributed by atoms with E-state index in [1.807, 2.05) is 0 Å². The normalized spacial score (nSPS) is 18.1. The molecule has 28 heavy (non-hydrogen) atoms. The van der Waals surface area contributed by atoms with E-state index in [9.17, 15) is 18.0 Å². The number of imide groups is 1. The summed E-state index contributed by atoms with van der Waals surface area (Å²) in [7, 11) is -3.74. The number of benzene rings is 2. The highest BCUT2D eigenvalue weighted by Crippen LogP contribution is 2.31. The van der Waals surface area contributed by atoms with Crippen LogP contribution in [0.4, 0.5) is 4.79 Å². The minimum absolute atomic E-state index is 0.0427. The number of nitrogens with zero attached hydrogens (tertiary/aromatic N) is 2. The third-order valence-corrected chi connectivity index (χ3v) is 6.66. The number of amides is 2. The SMILES string of the molecule is O=C1COC(=O)N1C1CN(S(=O)(=O)c2ccc(Oc3ccccc3Cl)cc2)C1. The molecule has 2 fully saturated rings. The number of cyclic esters (lactones) is 1. The molecule has 2 saturated heterocycles. The lowest BCUT2D eigenvalue weighted by Gasteiger charge is -2.40. The summed E-state index contributed by atoms with van der Waals surface area (Å²) in [5, 5.41) is 0.445. The number of carbonyl (C=O) groups is 2. The van der Waals surface area contributed by atoms with Gasteiger partial charge in [0.2, 0.25) is 10.0 Å². The van der Waals surface area contributed by atoms with Gasteiger partial charge in [0.05, 0.1) is 16.0 Å². The lowest BCUT2D eigenvalue weighted by Crippen LogP contribution is -2.62. The van der Waals surface area contributed by atoms with Crippen LogP contribution < -0.4 is 4.74 Å². The summed E-state index contributed by atoms with van der Waals surface area (Å²) in [6.07, 6.45) is -0.729. The first-order valence-electron chi connectivity index (χ1n) is 8.37. The maximum absolute atomic E-state index is 12.7. The number of halogens is 1. The van der Waals surface area contributed by atoms with Gasteiger partial charge in [-0.1, -0.05) is 23.7 Å². The molecular weight excluding hydrogens is 408 g/mol. The molecule has 0 saturated carbocycles. The number of sulfonamides is 1. The third-order valence-electron chi connectivity index (χ3n) is 4.50. The van der Waals surface area contributed by atoms with Crippen LogP contribution in [0, 0.1) is 0 Å². The molecule has 146 valence electrons. The van der Waals surface area contributed by atoms with E-state index in [0.717, 1.165) is 4.90 Å². The predicted molar refractivity (Wildman–Crippen MR) is 98.7 cm³/mol. The Morgan fingerprint density at radius 3 is 2.32 bits per heavy atom. The fourth-order valence-corrected chi connectivity index (χ4v) is 4.67. The Hall–Kier alpha value is -2.62. The van der Waals surface area contributed by atoms with Crippen molar-refractivity contribution in [2.24, 2.45) is 0 Å².